The standard InChI is InChI=1S/C9H8Cl4N6O5/c10-8(11,18(20)21)5-14-6(9(12,13)19(22)23)16-7(15-5)17-1-3-24-4-2-17/h1-4H2. The quantitative estimate of drug-likeness (QED) is 0.299. The van der Waals surface area contributed by atoms with Crippen LogP contribution in [0.4, 0.5) is 5.95 Å². The van der Waals surface area contributed by atoms with Crippen LogP contribution in [0.3, 0.4) is 0 Å². The highest BCUT2D eigenvalue weighted by atomic mass is 35.5. The van der Waals surface area contributed by atoms with Crippen LogP contribution < -0.4 is 4.90 Å². The van der Waals surface area contributed by atoms with Crippen molar-refractivity contribution in [2.75, 3.05) is 31.2 Å². The Balaban J connectivity index is 2.59. The van der Waals surface area contributed by atoms with Crippen molar-refractivity contribution in [1.29, 1.82) is 0 Å². The van der Waals surface area contributed by atoms with Gasteiger partial charge in [-0.2, -0.15) is 15.0 Å². The molecule has 2 heterocycles. The lowest BCUT2D eigenvalue weighted by atomic mass is 10.4. The van der Waals surface area contributed by atoms with Gasteiger partial charge in [0.15, 0.2) is 0 Å². The maximum absolute atomic E-state index is 11.0. The molecule has 0 amide bonds. The van der Waals surface area contributed by atoms with Crippen LogP contribution >= 0.6 is 46.4 Å². The minimum atomic E-state index is -2.76. The van der Waals surface area contributed by atoms with Crippen LogP contribution in [0.1, 0.15) is 11.6 Å². The van der Waals surface area contributed by atoms with E-state index >= 15 is 0 Å². The molecule has 1 fully saturated rings. The van der Waals surface area contributed by atoms with Gasteiger partial charge in [0.25, 0.3) is 0 Å². The van der Waals surface area contributed by atoms with E-state index in [0.29, 0.717) is 26.3 Å². The van der Waals surface area contributed by atoms with E-state index in [2.05, 4.69) is 15.0 Å². The number of ether oxygens (including phenoxy) is 1. The maximum Gasteiger partial charge on any atom is 0.430 e. The van der Waals surface area contributed by atoms with Crippen molar-refractivity contribution in [2.24, 2.45) is 0 Å². The predicted octanol–water partition coefficient (Wildman–Crippen LogP) is 1.44. The number of nitrogens with zero attached hydrogens (tertiary/aromatic N) is 6. The summed E-state index contributed by atoms with van der Waals surface area (Å²) in [4.78, 5) is 32.6. The lowest BCUT2D eigenvalue weighted by Gasteiger charge is -2.27. The van der Waals surface area contributed by atoms with E-state index in [4.69, 9.17) is 51.1 Å². The van der Waals surface area contributed by atoms with Gasteiger partial charge in [0, 0.05) is 13.1 Å². The van der Waals surface area contributed by atoms with Gasteiger partial charge in [-0.1, -0.05) is 0 Å². The van der Waals surface area contributed by atoms with Crippen LogP contribution in [-0.4, -0.2) is 51.1 Å². The third-order valence-corrected chi connectivity index (χ3v) is 4.14. The Kier molecular flexibility index (Phi) is 5.50. The fourth-order valence-corrected chi connectivity index (χ4v) is 2.04. The molecule has 0 aromatic carbocycles. The normalized spacial score (nSPS) is 16.1. The first-order valence-electron chi connectivity index (χ1n) is 6.21. The smallest absolute Gasteiger partial charge is 0.378 e. The van der Waals surface area contributed by atoms with E-state index in [1.807, 2.05) is 0 Å². The van der Waals surface area contributed by atoms with Gasteiger partial charge in [-0.25, -0.2) is 0 Å². The summed E-state index contributed by atoms with van der Waals surface area (Å²) in [5.41, 5.74) is 0. The summed E-state index contributed by atoms with van der Waals surface area (Å²) < 4.78 is -0.370. The Labute approximate surface area is 154 Å². The fraction of sp³-hybridized carbons (Fsp3) is 0.667. The Bertz CT molecular complexity index is 624. The van der Waals surface area contributed by atoms with Crippen molar-refractivity contribution < 1.29 is 14.6 Å². The van der Waals surface area contributed by atoms with Gasteiger partial charge in [0.05, 0.1) is 23.1 Å². The van der Waals surface area contributed by atoms with Gasteiger partial charge in [-0.15, -0.1) is 0 Å². The molecule has 1 aliphatic heterocycles. The monoisotopic (exact) mass is 420 g/mol. The second-order valence-electron chi connectivity index (χ2n) is 4.48. The Hall–Kier alpha value is -1.27. The number of hydrogen-bond donors (Lipinski definition) is 0. The Morgan fingerprint density at radius 3 is 1.71 bits per heavy atom. The molecule has 0 N–H and O–H groups in total. The third kappa shape index (κ3) is 3.70. The molecule has 0 atom stereocenters. The average molecular weight is 422 g/mol. The van der Waals surface area contributed by atoms with Crippen LogP contribution in [0.15, 0.2) is 0 Å². The molecule has 0 radical (unpaired) electrons. The summed E-state index contributed by atoms with van der Waals surface area (Å²) in [5.74, 6) is -1.62. The zero-order valence-electron chi connectivity index (χ0n) is 11.6. The Morgan fingerprint density at radius 2 is 1.33 bits per heavy atom. The minimum Gasteiger partial charge on any atom is -0.378 e. The lowest BCUT2D eigenvalue weighted by Crippen LogP contribution is -2.39. The molecule has 11 nitrogen and oxygen atoms in total. The molecule has 1 aliphatic rings. The second-order valence-corrected chi connectivity index (χ2v) is 7.05. The summed E-state index contributed by atoms with van der Waals surface area (Å²) in [5, 5.41) is 22.0. The molecule has 0 bridgehead atoms. The van der Waals surface area contributed by atoms with Gasteiger partial charge in [0.2, 0.25) is 17.6 Å². The molecule has 0 aliphatic carbocycles. The lowest BCUT2D eigenvalue weighted by molar-refractivity contribution is -0.527. The largest absolute Gasteiger partial charge is 0.430 e. The van der Waals surface area contributed by atoms with Crippen LogP contribution in [-0.2, 0) is 13.7 Å². The number of morpholine rings is 1. The third-order valence-electron chi connectivity index (χ3n) is 2.91. The number of nitro groups is 2. The summed E-state index contributed by atoms with van der Waals surface area (Å²) in [6.07, 6.45) is 0. The molecule has 1 saturated heterocycles. The molecule has 0 saturated carbocycles. The zero-order valence-corrected chi connectivity index (χ0v) is 14.6. The van der Waals surface area contributed by atoms with Crippen molar-refractivity contribution in [3.8, 4) is 0 Å². The maximum atomic E-state index is 11.0. The van der Waals surface area contributed by atoms with Gasteiger partial charge in [-0.3, -0.25) is 20.2 Å². The number of hydrogen-bond acceptors (Lipinski definition) is 9. The fourth-order valence-electron chi connectivity index (χ4n) is 1.70. The first-order chi connectivity index (χ1) is 11.1. The summed E-state index contributed by atoms with van der Waals surface area (Å²) in [6.45, 7) is 1.32. The van der Waals surface area contributed by atoms with Gasteiger partial charge in [-0.05, 0) is 46.4 Å². The Morgan fingerprint density at radius 1 is 0.917 bits per heavy atom. The van der Waals surface area contributed by atoms with Crippen LogP contribution in [0.5, 0.6) is 0 Å². The molecule has 0 unspecified atom stereocenters. The average Bonchev–Trinajstić information content (AvgIpc) is 2.54. The summed E-state index contributed by atoms with van der Waals surface area (Å²) in [7, 11) is 0. The molecule has 15 heteroatoms. The van der Waals surface area contributed by atoms with E-state index in [-0.39, 0.29) is 5.95 Å². The minimum absolute atomic E-state index is 0.140. The molecule has 1 aromatic rings. The van der Waals surface area contributed by atoms with Gasteiger partial charge in [0.1, 0.15) is 0 Å². The molecular weight excluding hydrogens is 414 g/mol. The van der Waals surface area contributed by atoms with Gasteiger partial charge >= 0.3 is 8.91 Å². The molecule has 1 aromatic heterocycles. The van der Waals surface area contributed by atoms with Crippen molar-refractivity contribution in [1.82, 2.24) is 15.0 Å². The van der Waals surface area contributed by atoms with E-state index < -0.39 is 30.4 Å². The summed E-state index contributed by atoms with van der Waals surface area (Å²) >= 11 is 22.5. The van der Waals surface area contributed by atoms with E-state index in [0.717, 1.165) is 0 Å². The van der Waals surface area contributed by atoms with Gasteiger partial charge < -0.3 is 9.64 Å². The second kappa shape index (κ2) is 6.92. The highest BCUT2D eigenvalue weighted by molar-refractivity contribution is 6.47. The number of aromatic nitrogens is 3. The molecule has 0 spiro atoms. The van der Waals surface area contributed by atoms with Crippen LogP contribution in [0.2, 0.25) is 0 Å². The molecular formula is C9H8Cl4N6O5. The van der Waals surface area contributed by atoms with Crippen molar-refractivity contribution in [3.05, 3.63) is 31.9 Å². The van der Waals surface area contributed by atoms with E-state index in [1.165, 1.54) is 0 Å². The van der Waals surface area contributed by atoms with E-state index in [9.17, 15) is 20.2 Å². The first-order valence-corrected chi connectivity index (χ1v) is 7.72. The molecule has 2 rings (SSSR count). The van der Waals surface area contributed by atoms with Crippen LogP contribution in [0.25, 0.3) is 0 Å². The van der Waals surface area contributed by atoms with Crippen molar-refractivity contribution >= 4 is 52.4 Å². The number of anilines is 1. The topological polar surface area (TPSA) is 137 Å². The van der Waals surface area contributed by atoms with Crippen LogP contribution in [0, 0.1) is 20.2 Å². The zero-order chi connectivity index (χ0) is 18.1. The number of alkyl halides is 4. The first kappa shape index (κ1) is 19.1. The summed E-state index contributed by atoms with van der Waals surface area (Å²) in [6, 6.07) is 0. The SMILES string of the molecule is O=[N+]([O-])C(Cl)(Cl)c1nc(N2CCOCC2)nc(C(Cl)(Cl)[N+](=O)[O-])n1. The van der Waals surface area contributed by atoms with E-state index in [1.54, 1.807) is 4.90 Å². The highest BCUT2D eigenvalue weighted by Gasteiger charge is 2.50. The number of rotatable bonds is 5. The molecule has 132 valence electrons. The molecule has 24 heavy (non-hydrogen) atoms. The van der Waals surface area contributed by atoms with Crippen molar-refractivity contribution in [2.45, 2.75) is 8.91 Å². The predicted molar refractivity (Wildman–Crippen MR) is 83.6 cm³/mol. The number of halogens is 4. The highest BCUT2D eigenvalue weighted by Crippen LogP contribution is 2.37. The van der Waals surface area contributed by atoms with Crippen molar-refractivity contribution in [3.63, 3.8) is 0 Å².